The zero-order valence-electron chi connectivity index (χ0n) is 27.7. The largest absolute Gasteiger partial charge is 0.481 e. The van der Waals surface area contributed by atoms with Gasteiger partial charge in [-0.2, -0.15) is 5.26 Å². The van der Waals surface area contributed by atoms with E-state index in [1.54, 1.807) is 0 Å². The van der Waals surface area contributed by atoms with Gasteiger partial charge in [-0.25, -0.2) is 4.98 Å². The number of hydrogen-bond acceptors (Lipinski definition) is 9. The van der Waals surface area contributed by atoms with Crippen molar-refractivity contribution in [2.24, 2.45) is 5.92 Å². The summed E-state index contributed by atoms with van der Waals surface area (Å²) < 4.78 is 6.28. The number of fused-ring (bicyclic) bond motifs is 1. The molecule has 2 atom stereocenters. The molecular formula is C38H38N6O4S. The lowest BCUT2D eigenvalue weighted by Crippen LogP contribution is -2.46. The zero-order chi connectivity index (χ0) is 33.8. The van der Waals surface area contributed by atoms with Gasteiger partial charge in [-0.15, -0.1) is 0 Å². The highest BCUT2D eigenvalue weighted by Crippen LogP contribution is 2.46. The molecule has 2 fully saturated rings. The van der Waals surface area contributed by atoms with Gasteiger partial charge < -0.3 is 19.7 Å². The van der Waals surface area contributed by atoms with Gasteiger partial charge in [0.1, 0.15) is 17.0 Å². The lowest BCUT2D eigenvalue weighted by molar-refractivity contribution is -0.141. The number of benzene rings is 3. The summed E-state index contributed by atoms with van der Waals surface area (Å²) in [6.45, 7) is 9.91. The van der Waals surface area contributed by atoms with Crippen LogP contribution >= 0.6 is 11.8 Å². The van der Waals surface area contributed by atoms with E-state index in [4.69, 9.17) is 9.40 Å². The first-order valence-electron chi connectivity index (χ1n) is 16.9. The second-order valence-electron chi connectivity index (χ2n) is 13.6. The van der Waals surface area contributed by atoms with Crippen molar-refractivity contribution in [2.75, 3.05) is 45.8 Å². The molecule has 2 N–H and O–H groups in total. The standard InChI is InChI=1S/C38H38N6O4S/c1-22-27(28-7-4-9-30(23(28)2)37-41-32-19-44(20-33(32)49-37)34(45)21-42-11-5-12-42)6-3-8-29(22)36-40-31-15-24(14-26(16-39)35(31)48-36)17-43-13-10-25(18-43)38(46)47/h3-4,6-9,14-15,25,37,41H,5,10-13,17-21H2,1-2H3,(H,46,47)/t25-,37?/m1/s1. The summed E-state index contributed by atoms with van der Waals surface area (Å²) in [5, 5.41) is 23.2. The third-order valence-corrected chi connectivity index (χ3v) is 11.7. The van der Waals surface area contributed by atoms with E-state index < -0.39 is 5.97 Å². The summed E-state index contributed by atoms with van der Waals surface area (Å²) in [5.41, 5.74) is 10.1. The molecule has 0 spiro atoms. The summed E-state index contributed by atoms with van der Waals surface area (Å²) >= 11 is 1.82. The molecule has 8 rings (SSSR count). The molecule has 250 valence electrons. The third kappa shape index (κ3) is 5.88. The molecule has 1 aromatic heterocycles. The van der Waals surface area contributed by atoms with Crippen LogP contribution in [0.15, 0.2) is 63.6 Å². The van der Waals surface area contributed by atoms with Gasteiger partial charge in [0.25, 0.3) is 0 Å². The van der Waals surface area contributed by atoms with Crippen molar-refractivity contribution in [1.82, 2.24) is 25.0 Å². The number of thioether (sulfide) groups is 1. The molecule has 4 aliphatic heterocycles. The Bertz CT molecular complexity index is 2060. The van der Waals surface area contributed by atoms with E-state index in [1.165, 1.54) is 22.5 Å². The van der Waals surface area contributed by atoms with Crippen LogP contribution in [-0.4, -0.2) is 82.5 Å². The SMILES string of the molecule is Cc1c(-c2nc3cc(CN4CC[C@@H](C(=O)O)C4)cc(C#N)c3o2)cccc1-c1cccc(C2NC3=C(CN(C(=O)CN4CCC4)C3)S2)c1C. The fourth-order valence-electron chi connectivity index (χ4n) is 7.52. The highest BCUT2D eigenvalue weighted by molar-refractivity contribution is 8.03. The van der Waals surface area contributed by atoms with Crippen LogP contribution in [0.4, 0.5) is 0 Å². The number of rotatable bonds is 8. The average molecular weight is 675 g/mol. The number of nitriles is 1. The van der Waals surface area contributed by atoms with Crippen LogP contribution in [0.3, 0.4) is 0 Å². The summed E-state index contributed by atoms with van der Waals surface area (Å²) in [4.78, 5) is 36.7. The highest BCUT2D eigenvalue weighted by Gasteiger charge is 2.36. The first-order valence-corrected chi connectivity index (χ1v) is 17.8. The Hall–Kier alpha value is -4.63. The number of nitrogens with one attached hydrogen (secondary N) is 1. The minimum Gasteiger partial charge on any atom is -0.481 e. The van der Waals surface area contributed by atoms with Gasteiger partial charge in [0, 0.05) is 29.3 Å². The van der Waals surface area contributed by atoms with Crippen LogP contribution in [0.2, 0.25) is 0 Å². The van der Waals surface area contributed by atoms with Gasteiger partial charge in [0.2, 0.25) is 11.8 Å². The van der Waals surface area contributed by atoms with E-state index in [0.717, 1.165) is 46.6 Å². The van der Waals surface area contributed by atoms with Crippen LogP contribution in [-0.2, 0) is 16.1 Å². The number of likely N-dealkylation sites (tertiary alicyclic amines) is 2. The fourth-order valence-corrected chi connectivity index (χ4v) is 8.89. The maximum absolute atomic E-state index is 12.8. The Morgan fingerprint density at radius 1 is 1.04 bits per heavy atom. The van der Waals surface area contributed by atoms with Crippen LogP contribution in [0.5, 0.6) is 0 Å². The maximum Gasteiger partial charge on any atom is 0.307 e. The molecule has 0 radical (unpaired) electrons. The van der Waals surface area contributed by atoms with E-state index in [-0.39, 0.29) is 17.2 Å². The number of oxazole rings is 1. The molecule has 49 heavy (non-hydrogen) atoms. The summed E-state index contributed by atoms with van der Waals surface area (Å²) in [6.07, 6.45) is 1.81. The second kappa shape index (κ2) is 12.7. The van der Waals surface area contributed by atoms with E-state index in [9.17, 15) is 20.0 Å². The van der Waals surface area contributed by atoms with Gasteiger partial charge in [0.05, 0.1) is 31.1 Å². The number of carbonyl (C=O) groups excluding carboxylic acids is 1. The predicted molar refractivity (Wildman–Crippen MR) is 188 cm³/mol. The van der Waals surface area contributed by atoms with Crippen LogP contribution in [0.1, 0.15) is 46.0 Å². The Labute approximate surface area is 289 Å². The molecule has 4 aliphatic rings. The van der Waals surface area contributed by atoms with Gasteiger partial charge in [-0.3, -0.25) is 19.4 Å². The number of carboxylic acid groups (broad SMARTS) is 1. The van der Waals surface area contributed by atoms with E-state index >= 15 is 0 Å². The number of carboxylic acids is 1. The average Bonchev–Trinajstić information content (AvgIpc) is 3.86. The van der Waals surface area contributed by atoms with Crippen molar-refractivity contribution in [3.8, 4) is 28.7 Å². The van der Waals surface area contributed by atoms with Gasteiger partial charge in [-0.1, -0.05) is 42.1 Å². The molecule has 0 aliphatic carbocycles. The minimum atomic E-state index is -0.760. The second-order valence-corrected chi connectivity index (χ2v) is 14.8. The van der Waals surface area contributed by atoms with Crippen molar-refractivity contribution in [2.45, 2.75) is 38.6 Å². The molecule has 1 unspecified atom stereocenters. The summed E-state index contributed by atoms with van der Waals surface area (Å²) in [6, 6.07) is 18.6. The number of carbonyl (C=O) groups is 2. The highest BCUT2D eigenvalue weighted by atomic mass is 32.2. The third-order valence-electron chi connectivity index (χ3n) is 10.5. The van der Waals surface area contributed by atoms with Crippen molar-refractivity contribution in [1.29, 1.82) is 5.26 Å². The molecule has 11 heteroatoms. The minimum absolute atomic E-state index is 0.0901. The first-order chi connectivity index (χ1) is 23.7. The number of amides is 1. The number of aliphatic carboxylic acids is 1. The van der Waals surface area contributed by atoms with Crippen LogP contribution < -0.4 is 5.32 Å². The fraction of sp³-hybridized carbons (Fsp3) is 0.368. The Kier molecular flexibility index (Phi) is 8.18. The monoisotopic (exact) mass is 674 g/mol. The van der Waals surface area contributed by atoms with Gasteiger partial charge in [-0.05, 0) is 97.9 Å². The molecule has 0 saturated carbocycles. The van der Waals surface area contributed by atoms with Crippen molar-refractivity contribution >= 4 is 34.7 Å². The molecule has 5 heterocycles. The van der Waals surface area contributed by atoms with Crippen molar-refractivity contribution < 1.29 is 19.1 Å². The summed E-state index contributed by atoms with van der Waals surface area (Å²) in [7, 11) is 0. The van der Waals surface area contributed by atoms with Crippen LogP contribution in [0, 0.1) is 31.1 Å². The number of nitrogens with zero attached hydrogens (tertiary/aromatic N) is 5. The lowest BCUT2D eigenvalue weighted by Gasteiger charge is -2.32. The van der Waals surface area contributed by atoms with E-state index in [2.05, 4.69) is 59.3 Å². The van der Waals surface area contributed by atoms with Crippen molar-refractivity contribution in [3.63, 3.8) is 0 Å². The molecule has 4 aromatic rings. The number of hydrogen-bond donors (Lipinski definition) is 2. The van der Waals surface area contributed by atoms with Crippen LogP contribution in [0.25, 0.3) is 33.7 Å². The lowest BCUT2D eigenvalue weighted by atomic mass is 9.91. The van der Waals surface area contributed by atoms with Gasteiger partial charge in [0.15, 0.2) is 5.58 Å². The topological polar surface area (TPSA) is 126 Å². The summed E-state index contributed by atoms with van der Waals surface area (Å²) in [5.74, 6) is -0.442. The number of aromatic nitrogens is 1. The van der Waals surface area contributed by atoms with Crippen molar-refractivity contribution in [3.05, 3.63) is 87.0 Å². The Balaban J connectivity index is 1.02. The Morgan fingerprint density at radius 3 is 2.53 bits per heavy atom. The molecule has 2 saturated heterocycles. The maximum atomic E-state index is 12.8. The Morgan fingerprint density at radius 2 is 1.82 bits per heavy atom. The normalized spacial score (nSPS) is 20.8. The quantitative estimate of drug-likeness (QED) is 0.242. The van der Waals surface area contributed by atoms with Gasteiger partial charge >= 0.3 is 5.97 Å². The molecule has 0 bridgehead atoms. The molecule has 10 nitrogen and oxygen atoms in total. The predicted octanol–water partition coefficient (Wildman–Crippen LogP) is 5.65. The smallest absolute Gasteiger partial charge is 0.307 e. The molecule has 3 aromatic carbocycles. The van der Waals surface area contributed by atoms with E-state index in [1.807, 2.05) is 40.9 Å². The first kappa shape index (κ1) is 31.6. The zero-order valence-corrected chi connectivity index (χ0v) is 28.5. The molecule has 1 amide bonds. The molecular weight excluding hydrogens is 637 g/mol. The van der Waals surface area contributed by atoms with E-state index in [0.29, 0.717) is 68.2 Å².